The maximum absolute atomic E-state index is 12.9. The summed E-state index contributed by atoms with van der Waals surface area (Å²) >= 11 is 6.25. The van der Waals surface area contributed by atoms with Gasteiger partial charge in [-0.15, -0.1) is 0 Å². The van der Waals surface area contributed by atoms with Crippen LogP contribution in [0.25, 0.3) is 11.3 Å². The normalized spacial score (nSPS) is 14.5. The molecule has 1 unspecified atom stereocenters. The molecular formula is C21H19ClN2O5. The van der Waals surface area contributed by atoms with Crippen LogP contribution in [0.15, 0.2) is 47.0 Å². The largest absolute Gasteiger partial charge is 0.454 e. The second-order valence-electron chi connectivity index (χ2n) is 6.97. The first-order valence-corrected chi connectivity index (χ1v) is 9.36. The van der Waals surface area contributed by atoms with Crippen LogP contribution in [0.2, 0.25) is 5.02 Å². The van der Waals surface area contributed by atoms with E-state index >= 15 is 0 Å². The van der Waals surface area contributed by atoms with Crippen molar-refractivity contribution in [1.82, 2.24) is 10.5 Å². The van der Waals surface area contributed by atoms with Gasteiger partial charge in [0.15, 0.2) is 11.5 Å². The first kappa shape index (κ1) is 19.3. The monoisotopic (exact) mass is 414 g/mol. The molecule has 29 heavy (non-hydrogen) atoms. The number of hydrogen-bond acceptors (Lipinski definition) is 6. The zero-order chi connectivity index (χ0) is 20.6. The van der Waals surface area contributed by atoms with Crippen molar-refractivity contribution in [3.8, 4) is 22.8 Å². The lowest BCUT2D eigenvalue weighted by atomic mass is 9.95. The van der Waals surface area contributed by atoms with Gasteiger partial charge in [-0.3, -0.25) is 4.79 Å². The average Bonchev–Trinajstić information content (AvgIpc) is 3.32. The van der Waals surface area contributed by atoms with Gasteiger partial charge in [-0.2, -0.15) is 0 Å². The number of aryl methyl sites for hydroxylation is 1. The van der Waals surface area contributed by atoms with Crippen molar-refractivity contribution >= 4 is 17.5 Å². The van der Waals surface area contributed by atoms with Crippen LogP contribution in [0, 0.1) is 6.92 Å². The molecule has 1 aliphatic heterocycles. The number of carbonyl (C=O) groups is 1. The predicted molar refractivity (Wildman–Crippen MR) is 106 cm³/mol. The van der Waals surface area contributed by atoms with Gasteiger partial charge in [0.2, 0.25) is 6.79 Å². The highest BCUT2D eigenvalue weighted by Crippen LogP contribution is 2.36. The van der Waals surface area contributed by atoms with Gasteiger partial charge in [0.1, 0.15) is 22.6 Å². The molecule has 2 heterocycles. The molecule has 2 aromatic carbocycles. The predicted octanol–water partition coefficient (Wildman–Crippen LogP) is 3.67. The van der Waals surface area contributed by atoms with E-state index in [1.165, 1.54) is 0 Å². The molecule has 1 aromatic heterocycles. The first-order valence-electron chi connectivity index (χ1n) is 8.99. The molecule has 8 heteroatoms. The number of aliphatic hydroxyl groups is 1. The van der Waals surface area contributed by atoms with E-state index in [0.29, 0.717) is 39.1 Å². The fourth-order valence-electron chi connectivity index (χ4n) is 3.15. The molecule has 1 atom stereocenters. The molecule has 0 spiro atoms. The highest BCUT2D eigenvalue weighted by molar-refractivity contribution is 6.33. The van der Waals surface area contributed by atoms with Gasteiger partial charge in [0.05, 0.1) is 11.6 Å². The van der Waals surface area contributed by atoms with E-state index in [2.05, 4.69) is 10.5 Å². The van der Waals surface area contributed by atoms with Crippen LogP contribution in [0.5, 0.6) is 11.5 Å². The number of rotatable bonds is 5. The van der Waals surface area contributed by atoms with Gasteiger partial charge in [0, 0.05) is 5.56 Å². The van der Waals surface area contributed by atoms with Gasteiger partial charge in [-0.25, -0.2) is 0 Å². The van der Waals surface area contributed by atoms with Gasteiger partial charge in [-0.1, -0.05) is 41.0 Å². The summed E-state index contributed by atoms with van der Waals surface area (Å²) in [5.74, 6) is 1.13. The van der Waals surface area contributed by atoms with E-state index in [-0.39, 0.29) is 18.9 Å². The highest BCUT2D eigenvalue weighted by Gasteiger charge is 2.29. The number of amides is 1. The maximum atomic E-state index is 12.9. The number of nitrogens with zero attached hydrogens (tertiary/aromatic N) is 1. The van der Waals surface area contributed by atoms with E-state index in [1.54, 1.807) is 56.3 Å². The van der Waals surface area contributed by atoms with E-state index in [4.69, 9.17) is 25.6 Å². The Hall–Kier alpha value is -3.03. The average molecular weight is 415 g/mol. The first-order chi connectivity index (χ1) is 13.9. The molecule has 0 saturated carbocycles. The van der Waals surface area contributed by atoms with Crippen LogP contribution in [-0.2, 0) is 5.60 Å². The maximum Gasteiger partial charge on any atom is 0.257 e. The van der Waals surface area contributed by atoms with Crippen molar-refractivity contribution in [2.24, 2.45) is 0 Å². The number of aromatic nitrogens is 1. The van der Waals surface area contributed by atoms with E-state index in [9.17, 15) is 9.90 Å². The molecular weight excluding hydrogens is 396 g/mol. The second-order valence-corrected chi connectivity index (χ2v) is 7.37. The molecule has 150 valence electrons. The zero-order valence-electron chi connectivity index (χ0n) is 15.9. The number of nitrogens with one attached hydrogen (secondary N) is 1. The fourth-order valence-corrected chi connectivity index (χ4v) is 3.38. The summed E-state index contributed by atoms with van der Waals surface area (Å²) in [4.78, 5) is 12.9. The Labute approximate surface area is 172 Å². The van der Waals surface area contributed by atoms with E-state index in [0.717, 1.165) is 0 Å². The van der Waals surface area contributed by atoms with Crippen LogP contribution in [0.4, 0.5) is 0 Å². The van der Waals surface area contributed by atoms with Crippen LogP contribution < -0.4 is 14.8 Å². The third-order valence-electron chi connectivity index (χ3n) is 4.81. The zero-order valence-corrected chi connectivity index (χ0v) is 16.6. The number of hydrogen-bond donors (Lipinski definition) is 2. The molecule has 0 saturated heterocycles. The Morgan fingerprint density at radius 1 is 1.24 bits per heavy atom. The topological polar surface area (TPSA) is 93.8 Å². The summed E-state index contributed by atoms with van der Waals surface area (Å²) in [6.45, 7) is 3.38. The van der Waals surface area contributed by atoms with Crippen LogP contribution in [0.3, 0.4) is 0 Å². The molecule has 0 fully saturated rings. The quantitative estimate of drug-likeness (QED) is 0.661. The summed E-state index contributed by atoms with van der Waals surface area (Å²) < 4.78 is 15.9. The molecule has 3 aromatic rings. The summed E-state index contributed by atoms with van der Waals surface area (Å²) in [6.07, 6.45) is 0. The third-order valence-corrected chi connectivity index (χ3v) is 5.14. The Bertz CT molecular complexity index is 1080. The molecule has 0 aliphatic carbocycles. The molecule has 7 nitrogen and oxygen atoms in total. The van der Waals surface area contributed by atoms with Gasteiger partial charge < -0.3 is 24.4 Å². The third kappa shape index (κ3) is 3.66. The van der Waals surface area contributed by atoms with Crippen LogP contribution >= 0.6 is 11.6 Å². The Morgan fingerprint density at radius 2 is 2.00 bits per heavy atom. The lowest BCUT2D eigenvalue weighted by Crippen LogP contribution is -2.38. The number of carbonyl (C=O) groups excluding carboxylic acids is 1. The minimum Gasteiger partial charge on any atom is -0.454 e. The highest BCUT2D eigenvalue weighted by atomic mass is 35.5. The summed E-state index contributed by atoms with van der Waals surface area (Å²) in [6, 6.07) is 12.2. The van der Waals surface area contributed by atoms with Crippen LogP contribution in [-0.4, -0.2) is 29.5 Å². The van der Waals surface area contributed by atoms with Crippen molar-refractivity contribution in [2.75, 3.05) is 13.3 Å². The smallest absolute Gasteiger partial charge is 0.257 e. The minimum absolute atomic E-state index is 0.0297. The Morgan fingerprint density at radius 3 is 2.79 bits per heavy atom. The number of ether oxygens (including phenoxy) is 2. The molecule has 2 N–H and O–H groups in total. The SMILES string of the molecule is Cc1onc(-c2ccccc2Cl)c1C(=O)NCC(C)(O)c1ccc2c(c1)OCO2. The van der Waals surface area contributed by atoms with Crippen molar-refractivity contribution in [3.05, 3.63) is 64.4 Å². The van der Waals surface area contributed by atoms with Crippen molar-refractivity contribution in [2.45, 2.75) is 19.4 Å². The molecule has 1 aliphatic rings. The number of benzene rings is 2. The van der Waals surface area contributed by atoms with Gasteiger partial charge >= 0.3 is 0 Å². The summed E-state index contributed by atoms with van der Waals surface area (Å²) in [7, 11) is 0. The molecule has 1 amide bonds. The summed E-state index contributed by atoms with van der Waals surface area (Å²) in [5.41, 5.74) is 0.494. The molecule has 0 bridgehead atoms. The standard InChI is InChI=1S/C21H19ClN2O5/c1-12-18(19(24-29-12)14-5-3-4-6-15(14)22)20(25)23-10-21(2,26)13-7-8-16-17(9-13)28-11-27-16/h3-9,26H,10-11H2,1-2H3,(H,23,25). The lowest BCUT2D eigenvalue weighted by molar-refractivity contribution is 0.0524. The lowest BCUT2D eigenvalue weighted by Gasteiger charge is -2.24. The van der Waals surface area contributed by atoms with Gasteiger partial charge in [-0.05, 0) is 37.6 Å². The van der Waals surface area contributed by atoms with Crippen molar-refractivity contribution in [1.29, 1.82) is 0 Å². The van der Waals surface area contributed by atoms with E-state index in [1.807, 2.05) is 0 Å². The van der Waals surface area contributed by atoms with E-state index < -0.39 is 11.5 Å². The van der Waals surface area contributed by atoms with Crippen LogP contribution in [0.1, 0.15) is 28.6 Å². The summed E-state index contributed by atoms with van der Waals surface area (Å²) in [5, 5.41) is 18.1. The number of fused-ring (bicyclic) bond motifs is 1. The van der Waals surface area contributed by atoms with Crippen molar-refractivity contribution < 1.29 is 23.9 Å². The Balaban J connectivity index is 1.55. The second kappa shape index (κ2) is 7.42. The Kier molecular flexibility index (Phi) is 4.94. The van der Waals surface area contributed by atoms with Gasteiger partial charge in [0.25, 0.3) is 5.91 Å². The number of halogens is 1. The minimum atomic E-state index is -1.33. The molecule has 0 radical (unpaired) electrons. The molecule has 4 rings (SSSR count). The fraction of sp³-hybridized carbons (Fsp3) is 0.238. The van der Waals surface area contributed by atoms with Crippen molar-refractivity contribution in [3.63, 3.8) is 0 Å².